The Hall–Kier alpha value is -2.46. The quantitative estimate of drug-likeness (QED) is 0.760. The van der Waals surface area contributed by atoms with Crippen molar-refractivity contribution in [3.63, 3.8) is 0 Å². The van der Waals surface area contributed by atoms with Crippen LogP contribution in [0, 0.1) is 0 Å². The SMILES string of the molecule is COc1ccc(OC)c([C@H]2CCN(Cc3ccc4[nH]ccc4c3)C2)c1. The number of benzene rings is 2. The largest absolute Gasteiger partial charge is 0.497 e. The Bertz CT molecular complexity index is 871. The summed E-state index contributed by atoms with van der Waals surface area (Å²) in [5, 5.41) is 1.28. The third-order valence-corrected chi connectivity index (χ3v) is 5.17. The lowest BCUT2D eigenvalue weighted by molar-refractivity contribution is 0.325. The van der Waals surface area contributed by atoms with Crippen LogP contribution >= 0.6 is 0 Å². The van der Waals surface area contributed by atoms with Crippen molar-refractivity contribution in [1.29, 1.82) is 0 Å². The van der Waals surface area contributed by atoms with Crippen LogP contribution in [0.2, 0.25) is 0 Å². The predicted molar refractivity (Wildman–Crippen MR) is 100 cm³/mol. The molecule has 0 unspecified atom stereocenters. The standard InChI is InChI=1S/C21H24N2O2/c1-24-18-4-6-21(25-2)19(12-18)17-8-10-23(14-17)13-15-3-5-20-16(11-15)7-9-22-20/h3-7,9,11-12,17,22H,8,10,13-14H2,1-2H3/t17-/m0/s1. The smallest absolute Gasteiger partial charge is 0.122 e. The molecule has 0 amide bonds. The topological polar surface area (TPSA) is 37.5 Å². The number of rotatable bonds is 5. The molecule has 1 aromatic heterocycles. The molecule has 3 aromatic rings. The van der Waals surface area contributed by atoms with E-state index in [-0.39, 0.29) is 0 Å². The predicted octanol–water partition coefficient (Wildman–Crippen LogP) is 4.17. The molecule has 0 aliphatic carbocycles. The van der Waals surface area contributed by atoms with Gasteiger partial charge in [0.05, 0.1) is 14.2 Å². The summed E-state index contributed by atoms with van der Waals surface area (Å²) in [7, 11) is 3.45. The van der Waals surface area contributed by atoms with Gasteiger partial charge in [-0.1, -0.05) is 6.07 Å². The summed E-state index contributed by atoms with van der Waals surface area (Å²) < 4.78 is 11.0. The van der Waals surface area contributed by atoms with Crippen molar-refractivity contribution >= 4 is 10.9 Å². The maximum Gasteiger partial charge on any atom is 0.122 e. The number of ether oxygens (including phenoxy) is 2. The van der Waals surface area contributed by atoms with E-state index in [1.165, 1.54) is 22.0 Å². The van der Waals surface area contributed by atoms with E-state index in [1.54, 1.807) is 14.2 Å². The first kappa shape index (κ1) is 16.0. The number of hydrogen-bond acceptors (Lipinski definition) is 3. The Morgan fingerprint density at radius 1 is 1.08 bits per heavy atom. The lowest BCUT2D eigenvalue weighted by atomic mass is 9.97. The molecule has 1 fully saturated rings. The fourth-order valence-electron chi connectivity index (χ4n) is 3.85. The molecule has 1 atom stereocenters. The van der Waals surface area contributed by atoms with Crippen LogP contribution < -0.4 is 9.47 Å². The number of aromatic amines is 1. The molecule has 2 aromatic carbocycles. The molecule has 2 heterocycles. The van der Waals surface area contributed by atoms with Crippen molar-refractivity contribution in [3.8, 4) is 11.5 Å². The monoisotopic (exact) mass is 336 g/mol. The minimum atomic E-state index is 0.487. The van der Waals surface area contributed by atoms with Gasteiger partial charge in [-0.3, -0.25) is 4.90 Å². The molecule has 4 nitrogen and oxygen atoms in total. The highest BCUT2D eigenvalue weighted by Crippen LogP contribution is 2.36. The number of hydrogen-bond donors (Lipinski definition) is 1. The third kappa shape index (κ3) is 3.22. The molecule has 1 N–H and O–H groups in total. The van der Waals surface area contributed by atoms with Gasteiger partial charge in [0.25, 0.3) is 0 Å². The van der Waals surface area contributed by atoms with Gasteiger partial charge < -0.3 is 14.5 Å². The number of aromatic nitrogens is 1. The van der Waals surface area contributed by atoms with E-state index in [9.17, 15) is 0 Å². The summed E-state index contributed by atoms with van der Waals surface area (Å²) >= 11 is 0. The van der Waals surface area contributed by atoms with E-state index in [0.29, 0.717) is 5.92 Å². The van der Waals surface area contributed by atoms with Crippen LogP contribution in [0.1, 0.15) is 23.5 Å². The lowest BCUT2D eigenvalue weighted by Crippen LogP contribution is -2.19. The van der Waals surface area contributed by atoms with Crippen LogP contribution in [0.3, 0.4) is 0 Å². The van der Waals surface area contributed by atoms with Crippen molar-refractivity contribution in [2.75, 3.05) is 27.3 Å². The van der Waals surface area contributed by atoms with Gasteiger partial charge in [0.2, 0.25) is 0 Å². The Kier molecular flexibility index (Phi) is 4.36. The molecule has 1 aliphatic heterocycles. The van der Waals surface area contributed by atoms with Crippen molar-refractivity contribution in [2.24, 2.45) is 0 Å². The Morgan fingerprint density at radius 3 is 2.84 bits per heavy atom. The molecule has 4 heteroatoms. The second-order valence-electron chi connectivity index (χ2n) is 6.73. The van der Waals surface area contributed by atoms with Crippen molar-refractivity contribution in [1.82, 2.24) is 9.88 Å². The van der Waals surface area contributed by atoms with E-state index in [4.69, 9.17) is 9.47 Å². The summed E-state index contributed by atoms with van der Waals surface area (Å²) in [5.74, 6) is 2.34. The minimum absolute atomic E-state index is 0.487. The number of nitrogens with one attached hydrogen (secondary N) is 1. The highest BCUT2D eigenvalue weighted by Gasteiger charge is 2.26. The second-order valence-corrected chi connectivity index (χ2v) is 6.73. The van der Waals surface area contributed by atoms with Crippen molar-refractivity contribution in [2.45, 2.75) is 18.9 Å². The summed E-state index contributed by atoms with van der Waals surface area (Å²) in [6, 6.07) is 14.9. The van der Waals surface area contributed by atoms with E-state index in [2.05, 4.69) is 40.2 Å². The van der Waals surface area contributed by atoms with Gasteiger partial charge in [0.1, 0.15) is 11.5 Å². The molecule has 0 saturated carbocycles. The molecule has 0 radical (unpaired) electrons. The lowest BCUT2D eigenvalue weighted by Gasteiger charge is -2.18. The number of likely N-dealkylation sites (tertiary alicyclic amines) is 1. The van der Waals surface area contributed by atoms with E-state index >= 15 is 0 Å². The molecule has 0 spiro atoms. The molecule has 1 aliphatic rings. The van der Waals surface area contributed by atoms with Gasteiger partial charge in [-0.15, -0.1) is 0 Å². The third-order valence-electron chi connectivity index (χ3n) is 5.17. The average Bonchev–Trinajstić information content (AvgIpc) is 3.30. The van der Waals surface area contributed by atoms with E-state index in [1.807, 2.05) is 18.3 Å². The maximum absolute atomic E-state index is 5.57. The summed E-state index contributed by atoms with van der Waals surface area (Å²) in [6.45, 7) is 3.15. The molecule has 25 heavy (non-hydrogen) atoms. The molecular weight excluding hydrogens is 312 g/mol. The fourth-order valence-corrected chi connectivity index (χ4v) is 3.85. The fraction of sp³-hybridized carbons (Fsp3) is 0.333. The number of nitrogens with zero attached hydrogens (tertiary/aromatic N) is 1. The van der Waals surface area contributed by atoms with Gasteiger partial charge in [-0.25, -0.2) is 0 Å². The number of fused-ring (bicyclic) bond motifs is 1. The van der Waals surface area contributed by atoms with Crippen LogP contribution in [-0.2, 0) is 6.54 Å². The molecule has 130 valence electrons. The first-order valence-corrected chi connectivity index (χ1v) is 8.77. The van der Waals surface area contributed by atoms with E-state index in [0.717, 1.165) is 37.6 Å². The first-order chi connectivity index (χ1) is 12.3. The van der Waals surface area contributed by atoms with Crippen LogP contribution in [0.15, 0.2) is 48.7 Å². The van der Waals surface area contributed by atoms with Crippen molar-refractivity contribution < 1.29 is 9.47 Å². The summed E-state index contributed by atoms with van der Waals surface area (Å²) in [4.78, 5) is 5.78. The molecular formula is C21H24N2O2. The zero-order valence-corrected chi connectivity index (χ0v) is 14.8. The summed E-state index contributed by atoms with van der Waals surface area (Å²) in [5.41, 5.74) is 3.82. The maximum atomic E-state index is 5.57. The van der Waals surface area contributed by atoms with Gasteiger partial charge >= 0.3 is 0 Å². The van der Waals surface area contributed by atoms with E-state index < -0.39 is 0 Å². The first-order valence-electron chi connectivity index (χ1n) is 8.77. The Labute approximate surface area is 148 Å². The van der Waals surface area contributed by atoms with Gasteiger partial charge in [0, 0.05) is 36.3 Å². The van der Waals surface area contributed by atoms with Crippen LogP contribution in [0.25, 0.3) is 10.9 Å². The van der Waals surface area contributed by atoms with Gasteiger partial charge in [-0.2, -0.15) is 0 Å². The normalized spacial score (nSPS) is 17.9. The Morgan fingerprint density at radius 2 is 2.00 bits per heavy atom. The highest BCUT2D eigenvalue weighted by atomic mass is 16.5. The number of H-pyrrole nitrogens is 1. The van der Waals surface area contributed by atoms with Crippen molar-refractivity contribution in [3.05, 3.63) is 59.8 Å². The van der Waals surface area contributed by atoms with Gasteiger partial charge in [0.15, 0.2) is 0 Å². The second kappa shape index (κ2) is 6.81. The van der Waals surface area contributed by atoms with Crippen LogP contribution in [0.4, 0.5) is 0 Å². The van der Waals surface area contributed by atoms with Crippen LogP contribution in [-0.4, -0.2) is 37.2 Å². The molecule has 1 saturated heterocycles. The summed E-state index contributed by atoms with van der Waals surface area (Å²) in [6.07, 6.45) is 3.14. The highest BCUT2D eigenvalue weighted by molar-refractivity contribution is 5.79. The van der Waals surface area contributed by atoms with Gasteiger partial charge in [-0.05, 0) is 60.3 Å². The minimum Gasteiger partial charge on any atom is -0.497 e. The van der Waals surface area contributed by atoms with Crippen LogP contribution in [0.5, 0.6) is 11.5 Å². The Balaban J connectivity index is 1.49. The molecule has 0 bridgehead atoms. The number of methoxy groups -OCH3 is 2. The zero-order chi connectivity index (χ0) is 17.2. The average molecular weight is 336 g/mol. The molecule has 4 rings (SSSR count). The zero-order valence-electron chi connectivity index (χ0n) is 14.8.